The quantitative estimate of drug-likeness (QED) is 0.618. The first-order chi connectivity index (χ1) is 12.3. The van der Waals surface area contributed by atoms with E-state index in [0.717, 1.165) is 11.3 Å². The third kappa shape index (κ3) is 3.51. The van der Waals surface area contributed by atoms with Gasteiger partial charge < -0.3 is 20.6 Å². The van der Waals surface area contributed by atoms with Crippen molar-refractivity contribution < 1.29 is 19.4 Å². The van der Waals surface area contributed by atoms with E-state index in [4.69, 9.17) is 4.74 Å². The fraction of sp³-hybridized carbons (Fsp3) is 0.278. The molecule has 136 valence electrons. The van der Waals surface area contributed by atoms with E-state index in [1.807, 2.05) is 0 Å². The number of benzene rings is 1. The summed E-state index contributed by atoms with van der Waals surface area (Å²) in [5.74, 6) is -1.05. The number of carbonyl (C=O) groups excluding carboxylic acids is 2. The second-order valence-electron chi connectivity index (χ2n) is 6.45. The van der Waals surface area contributed by atoms with Crippen LogP contribution in [-0.2, 0) is 16.9 Å². The van der Waals surface area contributed by atoms with Gasteiger partial charge in [-0.1, -0.05) is 6.07 Å². The number of anilines is 2. The number of amides is 1. The number of pyridine rings is 1. The molecular formula is C18H20N4O4. The molecule has 0 spiro atoms. The topological polar surface area (TPSA) is 113 Å². The van der Waals surface area contributed by atoms with E-state index in [-0.39, 0.29) is 11.3 Å². The lowest BCUT2D eigenvalue weighted by atomic mass is 10.0. The van der Waals surface area contributed by atoms with E-state index in [0.29, 0.717) is 17.9 Å². The summed E-state index contributed by atoms with van der Waals surface area (Å²) in [4.78, 5) is 28.9. The monoisotopic (exact) mass is 356 g/mol. The van der Waals surface area contributed by atoms with Crippen LogP contribution in [0.2, 0.25) is 0 Å². The maximum absolute atomic E-state index is 12.6. The van der Waals surface area contributed by atoms with Crippen molar-refractivity contribution in [3.05, 3.63) is 52.8 Å². The number of carbonyl (C=O) groups is 2. The van der Waals surface area contributed by atoms with Crippen molar-refractivity contribution in [1.82, 2.24) is 10.4 Å². The minimum absolute atomic E-state index is 0.136. The smallest absolute Gasteiger partial charge is 0.340 e. The zero-order valence-corrected chi connectivity index (χ0v) is 14.7. The summed E-state index contributed by atoms with van der Waals surface area (Å²) in [6, 6.07) is 8.17. The molecule has 0 aliphatic carbocycles. The van der Waals surface area contributed by atoms with Gasteiger partial charge in [-0.2, -0.15) is 0 Å². The van der Waals surface area contributed by atoms with Crippen LogP contribution >= 0.6 is 0 Å². The Morgan fingerprint density at radius 2 is 2.08 bits per heavy atom. The molecule has 1 aromatic carbocycles. The number of aliphatic hydroxyl groups is 1. The number of ether oxygens (including phenoxy) is 1. The van der Waals surface area contributed by atoms with Gasteiger partial charge in [-0.3, -0.25) is 4.79 Å². The van der Waals surface area contributed by atoms with Crippen LogP contribution in [0.4, 0.5) is 11.4 Å². The van der Waals surface area contributed by atoms with Crippen molar-refractivity contribution in [1.29, 1.82) is 0 Å². The number of methoxy groups -OCH3 is 1. The predicted octanol–water partition coefficient (Wildman–Crippen LogP) is 1.78. The first-order valence-corrected chi connectivity index (χ1v) is 8.05. The van der Waals surface area contributed by atoms with E-state index in [1.165, 1.54) is 7.11 Å². The van der Waals surface area contributed by atoms with Gasteiger partial charge in [-0.05, 0) is 43.7 Å². The lowest BCUT2D eigenvalue weighted by Crippen LogP contribution is -2.21. The summed E-state index contributed by atoms with van der Waals surface area (Å²) in [6.07, 6.45) is 0. The Bertz CT molecular complexity index is 874. The first kappa shape index (κ1) is 17.8. The van der Waals surface area contributed by atoms with Crippen LogP contribution in [0.15, 0.2) is 30.3 Å². The lowest BCUT2D eigenvalue weighted by Gasteiger charge is -2.17. The van der Waals surface area contributed by atoms with Crippen LogP contribution in [0.25, 0.3) is 0 Å². The fourth-order valence-corrected chi connectivity index (χ4v) is 2.61. The standard InChI is InChI=1S/C18H20N4O4/c1-18(2,25)15-6-4-5-12(20-15)16(23)21-14-7-10-9-19-22-13(10)8-11(14)17(24)26-3/h4-8,19,22,25H,9H2,1-3H3,(H,21,23). The number of hydrogen-bond donors (Lipinski definition) is 4. The van der Waals surface area contributed by atoms with Gasteiger partial charge in [-0.25, -0.2) is 15.2 Å². The van der Waals surface area contributed by atoms with Gasteiger partial charge >= 0.3 is 5.97 Å². The average molecular weight is 356 g/mol. The van der Waals surface area contributed by atoms with E-state index in [2.05, 4.69) is 21.2 Å². The molecule has 2 heterocycles. The molecule has 4 N–H and O–H groups in total. The zero-order valence-electron chi connectivity index (χ0n) is 14.7. The van der Waals surface area contributed by atoms with Gasteiger partial charge in [0.1, 0.15) is 11.3 Å². The zero-order chi connectivity index (χ0) is 18.9. The van der Waals surface area contributed by atoms with E-state index < -0.39 is 17.5 Å². The van der Waals surface area contributed by atoms with E-state index >= 15 is 0 Å². The summed E-state index contributed by atoms with van der Waals surface area (Å²) in [6.45, 7) is 3.74. The minimum Gasteiger partial charge on any atom is -0.465 e. The maximum Gasteiger partial charge on any atom is 0.340 e. The molecule has 0 atom stereocenters. The molecule has 0 saturated carbocycles. The number of rotatable bonds is 4. The molecule has 0 fully saturated rings. The highest BCUT2D eigenvalue weighted by atomic mass is 16.5. The molecule has 26 heavy (non-hydrogen) atoms. The number of nitrogens with zero attached hydrogens (tertiary/aromatic N) is 1. The molecule has 1 aromatic heterocycles. The predicted molar refractivity (Wildman–Crippen MR) is 95.7 cm³/mol. The highest BCUT2D eigenvalue weighted by Crippen LogP contribution is 2.29. The molecule has 8 heteroatoms. The Morgan fingerprint density at radius 3 is 2.77 bits per heavy atom. The van der Waals surface area contributed by atoms with E-state index in [1.54, 1.807) is 44.2 Å². The molecule has 0 saturated heterocycles. The lowest BCUT2D eigenvalue weighted by molar-refractivity contribution is 0.0601. The third-order valence-corrected chi connectivity index (χ3v) is 4.01. The maximum atomic E-state index is 12.6. The van der Waals surface area contributed by atoms with Crippen LogP contribution in [-0.4, -0.2) is 29.1 Å². The van der Waals surface area contributed by atoms with Crippen LogP contribution in [0.3, 0.4) is 0 Å². The second-order valence-corrected chi connectivity index (χ2v) is 6.45. The van der Waals surface area contributed by atoms with Crippen LogP contribution in [0.5, 0.6) is 0 Å². The molecule has 0 bridgehead atoms. The van der Waals surface area contributed by atoms with Gasteiger partial charge in [0.15, 0.2) is 0 Å². The highest BCUT2D eigenvalue weighted by molar-refractivity contribution is 6.07. The number of hydrazine groups is 1. The van der Waals surface area contributed by atoms with Crippen molar-refractivity contribution in [2.75, 3.05) is 17.9 Å². The van der Waals surface area contributed by atoms with Gasteiger partial charge in [0.25, 0.3) is 5.91 Å². The number of aromatic nitrogens is 1. The summed E-state index contributed by atoms with van der Waals surface area (Å²) < 4.78 is 4.80. The van der Waals surface area contributed by atoms with E-state index in [9.17, 15) is 14.7 Å². The van der Waals surface area contributed by atoms with Gasteiger partial charge in [0, 0.05) is 6.54 Å². The summed E-state index contributed by atoms with van der Waals surface area (Å²) in [5.41, 5.74) is 7.47. The van der Waals surface area contributed by atoms with Crippen molar-refractivity contribution in [2.24, 2.45) is 0 Å². The summed E-state index contributed by atoms with van der Waals surface area (Å²) >= 11 is 0. The molecule has 1 aliphatic heterocycles. The Morgan fingerprint density at radius 1 is 1.31 bits per heavy atom. The Labute approximate surface area is 150 Å². The Kier molecular flexibility index (Phi) is 4.62. The molecule has 0 unspecified atom stereocenters. The van der Waals surface area contributed by atoms with Crippen molar-refractivity contribution in [2.45, 2.75) is 26.0 Å². The van der Waals surface area contributed by atoms with Crippen molar-refractivity contribution in [3.63, 3.8) is 0 Å². The number of hydrogen-bond acceptors (Lipinski definition) is 7. The molecular weight excluding hydrogens is 336 g/mol. The first-order valence-electron chi connectivity index (χ1n) is 8.05. The van der Waals surface area contributed by atoms with Gasteiger partial charge in [0.05, 0.1) is 29.7 Å². The molecule has 2 aromatic rings. The highest BCUT2D eigenvalue weighted by Gasteiger charge is 2.22. The summed E-state index contributed by atoms with van der Waals surface area (Å²) in [7, 11) is 1.28. The molecule has 8 nitrogen and oxygen atoms in total. The van der Waals surface area contributed by atoms with Gasteiger partial charge in [-0.15, -0.1) is 0 Å². The normalized spacial score (nSPS) is 12.9. The fourth-order valence-electron chi connectivity index (χ4n) is 2.61. The minimum atomic E-state index is -1.17. The van der Waals surface area contributed by atoms with Gasteiger partial charge in [0.2, 0.25) is 0 Å². The Hall–Kier alpha value is -2.97. The average Bonchev–Trinajstić information content (AvgIpc) is 3.07. The molecule has 0 radical (unpaired) electrons. The van der Waals surface area contributed by atoms with Crippen LogP contribution in [0, 0.1) is 0 Å². The largest absolute Gasteiger partial charge is 0.465 e. The number of fused-ring (bicyclic) bond motifs is 1. The molecule has 1 aliphatic rings. The van der Waals surface area contributed by atoms with Crippen LogP contribution < -0.4 is 16.2 Å². The van der Waals surface area contributed by atoms with Crippen molar-refractivity contribution >= 4 is 23.3 Å². The third-order valence-electron chi connectivity index (χ3n) is 4.01. The number of esters is 1. The van der Waals surface area contributed by atoms with Crippen LogP contribution in [0.1, 0.15) is 46.0 Å². The molecule has 3 rings (SSSR count). The second kappa shape index (κ2) is 6.74. The summed E-state index contributed by atoms with van der Waals surface area (Å²) in [5, 5.41) is 12.8. The SMILES string of the molecule is COC(=O)c1cc2c(cc1NC(=O)c1cccc(C(C)(C)O)n1)CNN2. The Balaban J connectivity index is 1.93. The van der Waals surface area contributed by atoms with Crippen molar-refractivity contribution in [3.8, 4) is 0 Å². The number of nitrogens with one attached hydrogen (secondary N) is 3. The molecule has 1 amide bonds.